The quantitative estimate of drug-likeness (QED) is 0.632. The van der Waals surface area contributed by atoms with E-state index in [0.29, 0.717) is 25.0 Å². The van der Waals surface area contributed by atoms with Gasteiger partial charge in [-0.1, -0.05) is 6.42 Å². The Hall–Kier alpha value is -0.590. The first kappa shape index (κ1) is 11.5. The van der Waals surface area contributed by atoms with Crippen molar-refractivity contribution >= 4 is 0 Å². The summed E-state index contributed by atoms with van der Waals surface area (Å²) in [6.07, 6.45) is 6.31. The van der Waals surface area contributed by atoms with Crippen LogP contribution >= 0.6 is 0 Å². The van der Waals surface area contributed by atoms with Gasteiger partial charge < -0.3 is 10.4 Å². The molecule has 1 fully saturated rings. The third-order valence-electron chi connectivity index (χ3n) is 3.02. The van der Waals surface area contributed by atoms with Crippen LogP contribution in [-0.2, 0) is 0 Å². The third kappa shape index (κ3) is 3.65. The molecule has 3 nitrogen and oxygen atoms in total. The monoisotopic (exact) mass is 196 g/mol. The smallest absolute Gasteiger partial charge is 0.0621 e. The van der Waals surface area contributed by atoms with Gasteiger partial charge in [-0.2, -0.15) is 5.26 Å². The van der Waals surface area contributed by atoms with Crippen LogP contribution in [0.15, 0.2) is 0 Å². The highest BCUT2D eigenvalue weighted by Crippen LogP contribution is 2.24. The first-order valence-electron chi connectivity index (χ1n) is 5.59. The fourth-order valence-electron chi connectivity index (χ4n) is 2.14. The second-order valence-corrected chi connectivity index (χ2v) is 4.05. The molecule has 0 aliphatic heterocycles. The highest BCUT2D eigenvalue weighted by atomic mass is 16.3. The molecule has 0 aromatic heterocycles. The third-order valence-corrected chi connectivity index (χ3v) is 3.02. The zero-order chi connectivity index (χ0) is 10.2. The minimum Gasteiger partial charge on any atom is -0.396 e. The Bertz CT molecular complexity index is 188. The summed E-state index contributed by atoms with van der Waals surface area (Å²) in [7, 11) is 0. The molecular formula is C11H20N2O. The molecule has 80 valence electrons. The Morgan fingerprint density at radius 1 is 1.36 bits per heavy atom. The summed E-state index contributed by atoms with van der Waals surface area (Å²) in [6, 6.07) is 2.66. The van der Waals surface area contributed by atoms with Gasteiger partial charge in [-0.05, 0) is 38.1 Å². The molecule has 1 aliphatic rings. The van der Waals surface area contributed by atoms with Gasteiger partial charge in [0.25, 0.3) is 0 Å². The second kappa shape index (κ2) is 6.80. The SMILES string of the molecule is N#CCCCCNC1CCCC1CO. The summed E-state index contributed by atoms with van der Waals surface area (Å²) >= 11 is 0. The van der Waals surface area contributed by atoms with E-state index in [9.17, 15) is 0 Å². The number of hydrogen-bond donors (Lipinski definition) is 2. The van der Waals surface area contributed by atoms with E-state index in [1.807, 2.05) is 0 Å². The van der Waals surface area contributed by atoms with Crippen LogP contribution in [0.2, 0.25) is 0 Å². The number of nitriles is 1. The van der Waals surface area contributed by atoms with E-state index in [4.69, 9.17) is 10.4 Å². The van der Waals surface area contributed by atoms with Crippen LogP contribution in [0, 0.1) is 17.2 Å². The van der Waals surface area contributed by atoms with Crippen molar-refractivity contribution in [3.8, 4) is 6.07 Å². The van der Waals surface area contributed by atoms with E-state index in [1.165, 1.54) is 12.8 Å². The fraction of sp³-hybridized carbons (Fsp3) is 0.909. The molecule has 1 saturated carbocycles. The molecule has 1 rings (SSSR count). The van der Waals surface area contributed by atoms with Crippen LogP contribution in [0.5, 0.6) is 0 Å². The number of rotatable bonds is 6. The van der Waals surface area contributed by atoms with Crippen LogP contribution in [0.3, 0.4) is 0 Å². The van der Waals surface area contributed by atoms with Crippen LogP contribution in [0.25, 0.3) is 0 Å². The van der Waals surface area contributed by atoms with E-state index >= 15 is 0 Å². The summed E-state index contributed by atoms with van der Waals surface area (Å²) < 4.78 is 0. The van der Waals surface area contributed by atoms with Gasteiger partial charge in [0.2, 0.25) is 0 Å². The van der Waals surface area contributed by atoms with Crippen LogP contribution in [0.4, 0.5) is 0 Å². The fourth-order valence-corrected chi connectivity index (χ4v) is 2.14. The Morgan fingerprint density at radius 3 is 2.93 bits per heavy atom. The molecular weight excluding hydrogens is 176 g/mol. The zero-order valence-electron chi connectivity index (χ0n) is 8.71. The summed E-state index contributed by atoms with van der Waals surface area (Å²) in [5, 5.41) is 20.9. The maximum absolute atomic E-state index is 9.09. The van der Waals surface area contributed by atoms with E-state index in [1.54, 1.807) is 0 Å². The lowest BCUT2D eigenvalue weighted by Gasteiger charge is -2.18. The summed E-state index contributed by atoms with van der Waals surface area (Å²) in [6.45, 7) is 1.30. The van der Waals surface area contributed by atoms with Gasteiger partial charge >= 0.3 is 0 Å². The minimum absolute atomic E-state index is 0.315. The van der Waals surface area contributed by atoms with Crippen molar-refractivity contribution in [1.82, 2.24) is 5.32 Å². The topological polar surface area (TPSA) is 56.0 Å². The molecule has 0 aromatic carbocycles. The van der Waals surface area contributed by atoms with Gasteiger partial charge in [-0.15, -0.1) is 0 Å². The van der Waals surface area contributed by atoms with Crippen molar-refractivity contribution in [2.75, 3.05) is 13.2 Å². The molecule has 2 atom stereocenters. The molecule has 0 amide bonds. The number of nitrogens with one attached hydrogen (secondary N) is 1. The predicted octanol–water partition coefficient (Wildman–Crippen LogP) is 1.43. The van der Waals surface area contributed by atoms with Crippen LogP contribution in [0.1, 0.15) is 38.5 Å². The van der Waals surface area contributed by atoms with Crippen LogP contribution in [-0.4, -0.2) is 24.3 Å². The highest BCUT2D eigenvalue weighted by Gasteiger charge is 2.25. The number of aliphatic hydroxyl groups excluding tert-OH is 1. The summed E-state index contributed by atoms with van der Waals surface area (Å²) in [5.74, 6) is 0.464. The van der Waals surface area contributed by atoms with Gasteiger partial charge in [0.05, 0.1) is 6.07 Å². The van der Waals surface area contributed by atoms with Crippen molar-refractivity contribution in [2.24, 2.45) is 5.92 Å². The summed E-state index contributed by atoms with van der Waals surface area (Å²) in [4.78, 5) is 0. The van der Waals surface area contributed by atoms with E-state index in [0.717, 1.165) is 25.8 Å². The molecule has 0 bridgehead atoms. The number of hydrogen-bond acceptors (Lipinski definition) is 3. The van der Waals surface area contributed by atoms with Crippen molar-refractivity contribution in [3.05, 3.63) is 0 Å². The maximum Gasteiger partial charge on any atom is 0.0621 e. The molecule has 2 N–H and O–H groups in total. The van der Waals surface area contributed by atoms with Gasteiger partial charge in [0.15, 0.2) is 0 Å². The summed E-state index contributed by atoms with van der Waals surface area (Å²) in [5.41, 5.74) is 0. The number of nitrogens with zero attached hydrogens (tertiary/aromatic N) is 1. The van der Waals surface area contributed by atoms with Gasteiger partial charge in [0, 0.05) is 19.1 Å². The lowest BCUT2D eigenvalue weighted by atomic mass is 10.1. The number of unbranched alkanes of at least 4 members (excludes halogenated alkanes) is 2. The average Bonchev–Trinajstić information content (AvgIpc) is 2.65. The average molecular weight is 196 g/mol. The normalized spacial score (nSPS) is 26.3. The lowest BCUT2D eigenvalue weighted by Crippen LogP contribution is -2.34. The molecule has 0 aromatic rings. The Morgan fingerprint density at radius 2 is 2.21 bits per heavy atom. The molecule has 3 heteroatoms. The highest BCUT2D eigenvalue weighted by molar-refractivity contribution is 4.82. The number of aliphatic hydroxyl groups is 1. The first-order valence-corrected chi connectivity index (χ1v) is 5.59. The maximum atomic E-state index is 9.09. The second-order valence-electron chi connectivity index (χ2n) is 4.05. The largest absolute Gasteiger partial charge is 0.396 e. The lowest BCUT2D eigenvalue weighted by molar-refractivity contribution is 0.205. The molecule has 0 heterocycles. The first-order chi connectivity index (χ1) is 6.88. The van der Waals surface area contributed by atoms with Crippen molar-refractivity contribution in [2.45, 2.75) is 44.6 Å². The van der Waals surface area contributed by atoms with Crippen molar-refractivity contribution in [3.63, 3.8) is 0 Å². The Labute approximate surface area is 86.1 Å². The molecule has 14 heavy (non-hydrogen) atoms. The minimum atomic E-state index is 0.315. The van der Waals surface area contributed by atoms with Gasteiger partial charge in [0.1, 0.15) is 0 Å². The van der Waals surface area contributed by atoms with E-state index < -0.39 is 0 Å². The Balaban J connectivity index is 2.03. The van der Waals surface area contributed by atoms with Gasteiger partial charge in [-0.3, -0.25) is 0 Å². The van der Waals surface area contributed by atoms with Crippen molar-refractivity contribution in [1.29, 1.82) is 5.26 Å². The Kier molecular flexibility index (Phi) is 5.58. The molecule has 0 spiro atoms. The molecule has 0 radical (unpaired) electrons. The predicted molar refractivity (Wildman–Crippen MR) is 55.7 cm³/mol. The molecule has 1 aliphatic carbocycles. The molecule has 2 unspecified atom stereocenters. The molecule has 0 saturated heterocycles. The zero-order valence-corrected chi connectivity index (χ0v) is 8.71. The van der Waals surface area contributed by atoms with Crippen LogP contribution < -0.4 is 5.32 Å². The van der Waals surface area contributed by atoms with Crippen molar-refractivity contribution < 1.29 is 5.11 Å². The van der Waals surface area contributed by atoms with Gasteiger partial charge in [-0.25, -0.2) is 0 Å². The standard InChI is InChI=1S/C11H20N2O/c12-7-2-1-3-8-13-11-6-4-5-10(11)9-14/h10-11,13-14H,1-6,8-9H2. The van der Waals surface area contributed by atoms with E-state index in [-0.39, 0.29) is 0 Å². The van der Waals surface area contributed by atoms with E-state index in [2.05, 4.69) is 11.4 Å².